The number of benzene rings is 1. The van der Waals surface area contributed by atoms with Crippen LogP contribution < -0.4 is 0 Å². The van der Waals surface area contributed by atoms with Gasteiger partial charge in [0, 0.05) is 12.1 Å². The van der Waals surface area contributed by atoms with Gasteiger partial charge in [-0.2, -0.15) is 0 Å². The van der Waals surface area contributed by atoms with Crippen molar-refractivity contribution in [3.63, 3.8) is 0 Å². The van der Waals surface area contributed by atoms with Crippen molar-refractivity contribution >= 4 is 17.7 Å². The quantitative estimate of drug-likeness (QED) is 0.735. The standard InChI is InChI=1S/C23H30N2O3/c1-16(24-22(27)19-14-8-9-15-20(19)23(24)28)21(26)25(17-10-4-2-5-11-17)18-12-6-3-7-13-18/h8-9,14-18H,2-7,10-13H2,1H3. The Bertz CT molecular complexity index is 710. The van der Waals surface area contributed by atoms with Gasteiger partial charge in [0.05, 0.1) is 11.1 Å². The molecule has 0 aromatic heterocycles. The van der Waals surface area contributed by atoms with E-state index in [-0.39, 0.29) is 29.8 Å². The summed E-state index contributed by atoms with van der Waals surface area (Å²) < 4.78 is 0. The molecule has 1 atom stereocenters. The zero-order valence-electron chi connectivity index (χ0n) is 16.7. The fourth-order valence-electron chi connectivity index (χ4n) is 5.26. The molecule has 2 saturated carbocycles. The number of nitrogens with zero attached hydrogens (tertiary/aromatic N) is 2. The second kappa shape index (κ2) is 8.06. The van der Waals surface area contributed by atoms with E-state index in [0.29, 0.717) is 11.1 Å². The summed E-state index contributed by atoms with van der Waals surface area (Å²) in [6, 6.07) is 6.62. The van der Waals surface area contributed by atoms with Crippen LogP contribution in [0, 0.1) is 0 Å². The average molecular weight is 383 g/mol. The summed E-state index contributed by atoms with van der Waals surface area (Å²) in [7, 11) is 0. The van der Waals surface area contributed by atoms with Crippen molar-refractivity contribution in [2.45, 2.75) is 89.3 Å². The number of carbonyl (C=O) groups excluding carboxylic acids is 3. The first-order valence-electron chi connectivity index (χ1n) is 10.9. The van der Waals surface area contributed by atoms with Crippen LogP contribution in [0.3, 0.4) is 0 Å². The zero-order valence-corrected chi connectivity index (χ0v) is 16.7. The minimum atomic E-state index is -0.753. The van der Waals surface area contributed by atoms with Crippen molar-refractivity contribution in [2.75, 3.05) is 0 Å². The van der Waals surface area contributed by atoms with Crippen LogP contribution in [0.1, 0.15) is 91.8 Å². The molecule has 5 nitrogen and oxygen atoms in total. The maximum absolute atomic E-state index is 13.7. The van der Waals surface area contributed by atoms with E-state index in [1.165, 1.54) is 17.7 Å². The minimum Gasteiger partial charge on any atom is -0.335 e. The van der Waals surface area contributed by atoms with Crippen molar-refractivity contribution in [1.82, 2.24) is 9.80 Å². The molecule has 0 saturated heterocycles. The molecule has 0 N–H and O–H groups in total. The molecule has 28 heavy (non-hydrogen) atoms. The lowest BCUT2D eigenvalue weighted by Crippen LogP contribution is -2.56. The Balaban J connectivity index is 1.59. The Morgan fingerprint density at radius 1 is 0.857 bits per heavy atom. The van der Waals surface area contributed by atoms with Crippen LogP contribution in [-0.4, -0.2) is 45.6 Å². The molecule has 5 heteroatoms. The fraction of sp³-hybridized carbons (Fsp3) is 0.609. The van der Waals surface area contributed by atoms with Crippen LogP contribution in [0.15, 0.2) is 24.3 Å². The molecule has 0 bridgehead atoms. The van der Waals surface area contributed by atoms with Gasteiger partial charge in [-0.15, -0.1) is 0 Å². The van der Waals surface area contributed by atoms with Gasteiger partial charge in [-0.05, 0) is 44.7 Å². The smallest absolute Gasteiger partial charge is 0.262 e. The molecule has 1 aliphatic heterocycles. The molecule has 1 heterocycles. The highest BCUT2D eigenvalue weighted by Crippen LogP contribution is 2.32. The van der Waals surface area contributed by atoms with Crippen LogP contribution >= 0.6 is 0 Å². The first kappa shape index (κ1) is 19.2. The summed E-state index contributed by atoms with van der Waals surface area (Å²) in [6.45, 7) is 1.72. The SMILES string of the molecule is CC(C(=O)N(C1CCCCC1)C1CCCCC1)N1C(=O)c2ccccc2C1=O. The Morgan fingerprint density at radius 2 is 1.29 bits per heavy atom. The van der Waals surface area contributed by atoms with E-state index in [2.05, 4.69) is 4.90 Å². The second-order valence-electron chi connectivity index (χ2n) is 8.53. The van der Waals surface area contributed by atoms with E-state index >= 15 is 0 Å². The average Bonchev–Trinajstić information content (AvgIpc) is 3.00. The Hall–Kier alpha value is -2.17. The van der Waals surface area contributed by atoms with E-state index in [1.807, 2.05) is 0 Å². The van der Waals surface area contributed by atoms with Crippen molar-refractivity contribution in [2.24, 2.45) is 0 Å². The van der Waals surface area contributed by atoms with Gasteiger partial charge in [0.1, 0.15) is 6.04 Å². The predicted molar refractivity (Wildman–Crippen MR) is 107 cm³/mol. The molecule has 1 aromatic rings. The summed E-state index contributed by atoms with van der Waals surface area (Å²) >= 11 is 0. The molecule has 3 aliphatic rings. The first-order chi connectivity index (χ1) is 13.6. The Kier molecular flexibility index (Phi) is 5.51. The Labute approximate surface area is 167 Å². The topological polar surface area (TPSA) is 57.7 Å². The lowest BCUT2D eigenvalue weighted by molar-refractivity contribution is -0.141. The van der Waals surface area contributed by atoms with Gasteiger partial charge in [0.15, 0.2) is 0 Å². The van der Waals surface area contributed by atoms with Crippen LogP contribution in [-0.2, 0) is 4.79 Å². The summed E-state index contributed by atoms with van der Waals surface area (Å²) in [5.41, 5.74) is 0.822. The monoisotopic (exact) mass is 382 g/mol. The molecule has 150 valence electrons. The highest BCUT2D eigenvalue weighted by molar-refractivity contribution is 6.22. The molecule has 0 spiro atoms. The fourth-order valence-corrected chi connectivity index (χ4v) is 5.26. The summed E-state index contributed by atoms with van der Waals surface area (Å²) in [6.07, 6.45) is 11.2. The molecule has 2 aliphatic carbocycles. The maximum Gasteiger partial charge on any atom is 0.262 e. The van der Waals surface area contributed by atoms with Crippen LogP contribution in [0.5, 0.6) is 0 Å². The number of rotatable bonds is 4. The summed E-state index contributed by atoms with van der Waals surface area (Å²) in [5.74, 6) is -0.726. The van der Waals surface area contributed by atoms with Gasteiger partial charge in [0.2, 0.25) is 5.91 Å². The molecule has 0 radical (unpaired) electrons. The minimum absolute atomic E-state index is 0.0479. The van der Waals surface area contributed by atoms with E-state index in [1.54, 1.807) is 31.2 Å². The van der Waals surface area contributed by atoms with Gasteiger partial charge < -0.3 is 4.90 Å². The number of amides is 3. The summed E-state index contributed by atoms with van der Waals surface area (Å²) in [5, 5.41) is 0. The lowest BCUT2D eigenvalue weighted by Gasteiger charge is -2.43. The van der Waals surface area contributed by atoms with Crippen molar-refractivity contribution in [1.29, 1.82) is 0 Å². The molecule has 4 rings (SSSR count). The van der Waals surface area contributed by atoms with Crippen LogP contribution in [0.25, 0.3) is 0 Å². The molecule has 1 aromatic carbocycles. The van der Waals surface area contributed by atoms with E-state index in [9.17, 15) is 14.4 Å². The first-order valence-corrected chi connectivity index (χ1v) is 10.9. The molecule has 1 unspecified atom stereocenters. The highest BCUT2D eigenvalue weighted by Gasteiger charge is 2.44. The molecular weight excluding hydrogens is 352 g/mol. The second-order valence-corrected chi connectivity index (χ2v) is 8.53. The van der Waals surface area contributed by atoms with Crippen molar-refractivity contribution in [3.8, 4) is 0 Å². The zero-order chi connectivity index (χ0) is 19.7. The summed E-state index contributed by atoms with van der Waals surface area (Å²) in [4.78, 5) is 42.7. The van der Waals surface area contributed by atoms with Crippen molar-refractivity contribution in [3.05, 3.63) is 35.4 Å². The number of hydrogen-bond donors (Lipinski definition) is 0. The third kappa shape index (κ3) is 3.36. The number of imide groups is 1. The van der Waals surface area contributed by atoms with Gasteiger partial charge in [0.25, 0.3) is 11.8 Å². The van der Waals surface area contributed by atoms with Gasteiger partial charge in [-0.1, -0.05) is 50.7 Å². The molecular formula is C23H30N2O3. The van der Waals surface area contributed by atoms with Gasteiger partial charge in [-0.3, -0.25) is 19.3 Å². The predicted octanol–water partition coefficient (Wildman–Crippen LogP) is 4.17. The van der Waals surface area contributed by atoms with E-state index < -0.39 is 6.04 Å². The van der Waals surface area contributed by atoms with Crippen molar-refractivity contribution < 1.29 is 14.4 Å². The maximum atomic E-state index is 13.7. The highest BCUT2D eigenvalue weighted by atomic mass is 16.2. The van der Waals surface area contributed by atoms with E-state index in [0.717, 1.165) is 51.4 Å². The van der Waals surface area contributed by atoms with Crippen LogP contribution in [0.2, 0.25) is 0 Å². The third-order valence-corrected chi connectivity index (χ3v) is 6.76. The molecule has 3 amide bonds. The van der Waals surface area contributed by atoms with Crippen LogP contribution in [0.4, 0.5) is 0 Å². The normalized spacial score (nSPS) is 22.2. The third-order valence-electron chi connectivity index (χ3n) is 6.76. The van der Waals surface area contributed by atoms with E-state index in [4.69, 9.17) is 0 Å². The number of fused-ring (bicyclic) bond motifs is 1. The largest absolute Gasteiger partial charge is 0.335 e. The van der Waals surface area contributed by atoms with Gasteiger partial charge in [-0.25, -0.2) is 0 Å². The van der Waals surface area contributed by atoms with Gasteiger partial charge >= 0.3 is 0 Å². The molecule has 2 fully saturated rings. The lowest BCUT2D eigenvalue weighted by atomic mass is 9.88. The number of carbonyl (C=O) groups is 3. The number of hydrogen-bond acceptors (Lipinski definition) is 3. The Morgan fingerprint density at radius 3 is 1.71 bits per heavy atom.